The van der Waals surface area contributed by atoms with Gasteiger partial charge in [0.2, 0.25) is 6.41 Å². The quantitative estimate of drug-likeness (QED) is 0.234. The third kappa shape index (κ3) is 6.82. The number of aryl methyl sites for hydroxylation is 1. The molecule has 2 N–H and O–H groups in total. The molecule has 2 aliphatic carbocycles. The Morgan fingerprint density at radius 2 is 1.89 bits per heavy atom. The second-order valence-electron chi connectivity index (χ2n) is 9.99. The summed E-state index contributed by atoms with van der Waals surface area (Å²) in [6.07, 6.45) is 10.4. The molecule has 204 valence electrons. The van der Waals surface area contributed by atoms with Gasteiger partial charge in [0.15, 0.2) is 11.5 Å². The summed E-state index contributed by atoms with van der Waals surface area (Å²) in [5, 5.41) is 5.33. The van der Waals surface area contributed by atoms with E-state index >= 15 is 0 Å². The van der Waals surface area contributed by atoms with Crippen LogP contribution in [0.25, 0.3) is 22.2 Å². The largest absolute Gasteiger partial charge is 0.351 e. The molecule has 0 bridgehead atoms. The van der Waals surface area contributed by atoms with Crippen LogP contribution >= 0.6 is 24.0 Å². The van der Waals surface area contributed by atoms with Crippen LogP contribution in [0.1, 0.15) is 73.3 Å². The number of anilines is 1. The highest BCUT2D eigenvalue weighted by atomic mass is 127. The van der Waals surface area contributed by atoms with Crippen molar-refractivity contribution in [2.45, 2.75) is 83.5 Å². The van der Waals surface area contributed by atoms with Gasteiger partial charge in [0.05, 0.1) is 11.8 Å². The Morgan fingerprint density at radius 3 is 2.51 bits per heavy atom. The molecule has 0 spiro atoms. The van der Waals surface area contributed by atoms with E-state index in [9.17, 15) is 18.4 Å². The van der Waals surface area contributed by atoms with E-state index in [0.29, 0.717) is 30.6 Å². The average Bonchev–Trinajstić information content (AvgIpc) is 3.46. The van der Waals surface area contributed by atoms with Crippen LogP contribution in [0.5, 0.6) is 0 Å². The van der Waals surface area contributed by atoms with Crippen molar-refractivity contribution in [3.63, 3.8) is 0 Å². The highest BCUT2D eigenvalue weighted by molar-refractivity contribution is 14.0. The summed E-state index contributed by atoms with van der Waals surface area (Å²) in [6.45, 7) is 5.94. The second-order valence-corrected chi connectivity index (χ2v) is 9.99. The van der Waals surface area contributed by atoms with Crippen LogP contribution in [0, 0.1) is 12.7 Å². The monoisotopic (exact) mass is 629 g/mol. The van der Waals surface area contributed by atoms with E-state index in [4.69, 9.17) is 0 Å². The number of fused-ring (bicyclic) bond motifs is 1. The summed E-state index contributed by atoms with van der Waals surface area (Å²) in [5.74, 6) is -0.295. The lowest BCUT2D eigenvalue weighted by atomic mass is 9.95. The SMILES string of the molecule is Cc1cnc(NC=O)cc1-c1cc(F)c2ncn(C(C)C)c2c1.I.O=C(NC1CCCCC1)C1(F)CC1.[HH].[HH]. The number of nitrogens with zero attached hydrogens (tertiary/aromatic N) is 3. The molecule has 10 heteroatoms. The number of imidazole rings is 1. The summed E-state index contributed by atoms with van der Waals surface area (Å²) in [7, 11) is 0. The van der Waals surface area contributed by atoms with Gasteiger partial charge in [-0.2, -0.15) is 0 Å². The fraction of sp³-hybridized carbons (Fsp3) is 0.481. The Labute approximate surface area is 235 Å². The first-order valence-corrected chi connectivity index (χ1v) is 12.5. The summed E-state index contributed by atoms with van der Waals surface area (Å²) in [5.41, 5.74) is 2.07. The molecule has 7 nitrogen and oxygen atoms in total. The number of aromatic nitrogens is 3. The van der Waals surface area contributed by atoms with Crippen molar-refractivity contribution in [2.75, 3.05) is 5.32 Å². The number of carbonyl (C=O) groups excluding carboxylic acids is 2. The van der Waals surface area contributed by atoms with E-state index in [1.165, 1.54) is 25.3 Å². The Balaban J connectivity index is 0.000000410. The number of hydrogen-bond donors (Lipinski definition) is 2. The van der Waals surface area contributed by atoms with Crippen molar-refractivity contribution in [1.29, 1.82) is 0 Å². The van der Waals surface area contributed by atoms with Gasteiger partial charge < -0.3 is 15.2 Å². The van der Waals surface area contributed by atoms with E-state index in [0.717, 1.165) is 35.0 Å². The summed E-state index contributed by atoms with van der Waals surface area (Å²) in [4.78, 5) is 30.2. The molecule has 1 aromatic carbocycles. The smallest absolute Gasteiger partial charge is 0.257 e. The second kappa shape index (κ2) is 12.3. The maximum atomic E-state index is 14.4. The van der Waals surface area contributed by atoms with Gasteiger partial charge in [-0.1, -0.05) is 19.3 Å². The zero-order valence-corrected chi connectivity index (χ0v) is 23.7. The average molecular weight is 630 g/mol. The van der Waals surface area contributed by atoms with Crippen LogP contribution in [0.2, 0.25) is 0 Å². The number of benzene rings is 1. The fourth-order valence-electron chi connectivity index (χ4n) is 4.53. The van der Waals surface area contributed by atoms with Crippen LogP contribution in [-0.4, -0.2) is 38.6 Å². The lowest BCUT2D eigenvalue weighted by molar-refractivity contribution is -0.128. The minimum Gasteiger partial charge on any atom is -0.351 e. The first-order valence-electron chi connectivity index (χ1n) is 12.5. The molecular formula is C27H38F2IN5O2. The van der Waals surface area contributed by atoms with Crippen molar-refractivity contribution in [3.05, 3.63) is 42.1 Å². The maximum Gasteiger partial charge on any atom is 0.257 e. The van der Waals surface area contributed by atoms with Crippen molar-refractivity contribution in [3.8, 4) is 11.1 Å². The third-order valence-corrected chi connectivity index (χ3v) is 6.85. The number of pyridine rings is 1. The van der Waals surface area contributed by atoms with Crippen molar-refractivity contribution < 1.29 is 21.2 Å². The van der Waals surface area contributed by atoms with Crippen LogP contribution < -0.4 is 10.6 Å². The number of alkyl halides is 1. The third-order valence-electron chi connectivity index (χ3n) is 6.85. The molecule has 0 saturated heterocycles. The van der Waals surface area contributed by atoms with Crippen molar-refractivity contribution in [1.82, 2.24) is 19.9 Å². The van der Waals surface area contributed by atoms with Crippen LogP contribution in [0.4, 0.5) is 14.6 Å². The lowest BCUT2D eigenvalue weighted by Gasteiger charge is -2.23. The normalized spacial score (nSPS) is 16.4. The van der Waals surface area contributed by atoms with Gasteiger partial charge in [0.25, 0.3) is 5.91 Å². The summed E-state index contributed by atoms with van der Waals surface area (Å²) in [6, 6.07) is 5.54. The fourth-order valence-corrected chi connectivity index (χ4v) is 4.53. The molecule has 2 aliphatic rings. The van der Waals surface area contributed by atoms with Gasteiger partial charge in [0, 0.05) is 21.1 Å². The number of hydrogen-bond acceptors (Lipinski definition) is 4. The molecule has 2 heterocycles. The Bertz CT molecular complexity index is 1260. The summed E-state index contributed by atoms with van der Waals surface area (Å²) >= 11 is 0. The maximum absolute atomic E-state index is 14.4. The molecule has 2 saturated carbocycles. The number of halogens is 3. The predicted octanol–water partition coefficient (Wildman–Crippen LogP) is 6.74. The Hall–Kier alpha value is -2.63. The molecule has 0 unspecified atom stereocenters. The first-order chi connectivity index (χ1) is 17.2. The number of nitrogens with one attached hydrogen (secondary N) is 2. The minimum absolute atomic E-state index is 0. The van der Waals surface area contributed by atoms with Crippen molar-refractivity contribution in [2.24, 2.45) is 0 Å². The van der Waals surface area contributed by atoms with Gasteiger partial charge in [-0.15, -0.1) is 24.0 Å². The molecule has 37 heavy (non-hydrogen) atoms. The van der Waals surface area contributed by atoms with E-state index < -0.39 is 5.67 Å². The molecule has 3 aromatic rings. The summed E-state index contributed by atoms with van der Waals surface area (Å²) < 4.78 is 29.6. The van der Waals surface area contributed by atoms with Crippen LogP contribution in [-0.2, 0) is 9.59 Å². The molecule has 2 amide bonds. The van der Waals surface area contributed by atoms with E-state index in [1.807, 2.05) is 31.4 Å². The minimum atomic E-state index is -1.49. The van der Waals surface area contributed by atoms with E-state index in [1.54, 1.807) is 18.6 Å². The zero-order chi connectivity index (χ0) is 25.9. The van der Waals surface area contributed by atoms with Gasteiger partial charge >= 0.3 is 0 Å². The van der Waals surface area contributed by atoms with Gasteiger partial charge in [-0.05, 0) is 81.3 Å². The van der Waals surface area contributed by atoms with Crippen molar-refractivity contribution >= 4 is 53.1 Å². The predicted molar refractivity (Wildman–Crippen MR) is 155 cm³/mol. The zero-order valence-electron chi connectivity index (χ0n) is 21.4. The van der Waals surface area contributed by atoms with Gasteiger partial charge in [0.1, 0.15) is 11.3 Å². The Kier molecular flexibility index (Phi) is 9.60. The van der Waals surface area contributed by atoms with Crippen LogP contribution in [0.3, 0.4) is 0 Å². The standard InChI is InChI=1S/C17H17FN4O.C10H16FNO.HI.2H2/c1-10(2)22-8-20-17-14(18)4-12(5-15(17)22)13-6-16(21-9-23)19-7-11(13)3;11-10(6-7-10)9(13)12-8-4-2-1-3-5-8;;;/h4-10H,1-3H3,(H,19,21,23);8H,1-7H2,(H,12,13);3*1H. The topological polar surface area (TPSA) is 88.9 Å². The molecule has 0 radical (unpaired) electrons. The molecule has 5 rings (SSSR count). The van der Waals surface area contributed by atoms with E-state index in [-0.39, 0.29) is 50.6 Å². The molecular weight excluding hydrogens is 591 g/mol. The molecule has 0 atom stereocenters. The number of rotatable bonds is 6. The first kappa shape index (κ1) is 28.9. The Morgan fingerprint density at radius 1 is 1.19 bits per heavy atom. The number of amides is 2. The molecule has 0 aliphatic heterocycles. The highest BCUT2D eigenvalue weighted by Crippen LogP contribution is 2.40. The molecule has 2 fully saturated rings. The van der Waals surface area contributed by atoms with Gasteiger partial charge in [-0.3, -0.25) is 9.59 Å². The lowest BCUT2D eigenvalue weighted by Crippen LogP contribution is -2.41. The van der Waals surface area contributed by atoms with E-state index in [2.05, 4.69) is 20.6 Å². The highest BCUT2D eigenvalue weighted by Gasteiger charge is 2.51. The molecule has 2 aromatic heterocycles. The van der Waals surface area contributed by atoms with Crippen LogP contribution in [0.15, 0.2) is 30.7 Å². The number of carbonyl (C=O) groups is 2. The van der Waals surface area contributed by atoms with Gasteiger partial charge in [-0.25, -0.2) is 18.7 Å².